The maximum absolute atomic E-state index is 11.8. The smallest absolute Gasteiger partial charge is 0.410 e. The average molecular weight is 291 g/mol. The predicted octanol–water partition coefficient (Wildman–Crippen LogP) is 2.91. The van der Waals surface area contributed by atoms with Crippen LogP contribution in [0.3, 0.4) is 0 Å². The quantitative estimate of drug-likeness (QED) is 0.731. The van der Waals surface area contributed by atoms with E-state index >= 15 is 0 Å². The molecule has 1 aliphatic heterocycles. The highest BCUT2D eigenvalue weighted by molar-refractivity contribution is 8.22. The number of nitrogens with zero attached hydrogens (tertiary/aromatic N) is 1. The number of ether oxygens (including phenoxy) is 2. The molecule has 0 aromatic heterocycles. The lowest BCUT2D eigenvalue weighted by Gasteiger charge is -2.24. The van der Waals surface area contributed by atoms with Crippen molar-refractivity contribution in [1.29, 1.82) is 0 Å². The lowest BCUT2D eigenvalue weighted by molar-refractivity contribution is 0.0284. The van der Waals surface area contributed by atoms with Gasteiger partial charge in [0.2, 0.25) is 4.38 Å². The van der Waals surface area contributed by atoms with Crippen molar-refractivity contribution in [3.8, 4) is 0 Å². The highest BCUT2D eigenvalue weighted by Gasteiger charge is 2.30. The zero-order valence-corrected chi connectivity index (χ0v) is 13.0. The summed E-state index contributed by atoms with van der Waals surface area (Å²) >= 11 is 6.41. The lowest BCUT2D eigenvalue weighted by Crippen LogP contribution is -2.35. The second-order valence-corrected chi connectivity index (χ2v) is 6.75. The fourth-order valence-corrected chi connectivity index (χ4v) is 1.96. The minimum Gasteiger partial charge on any atom is -0.478 e. The fraction of sp³-hybridized carbons (Fsp3) is 0.833. The van der Waals surface area contributed by atoms with E-state index in [9.17, 15) is 4.79 Å². The van der Waals surface area contributed by atoms with Gasteiger partial charge in [-0.05, 0) is 45.7 Å². The van der Waals surface area contributed by atoms with Gasteiger partial charge in [-0.3, -0.25) is 0 Å². The molecule has 1 fully saturated rings. The Labute approximate surface area is 118 Å². The van der Waals surface area contributed by atoms with Crippen molar-refractivity contribution < 1.29 is 14.3 Å². The van der Waals surface area contributed by atoms with Gasteiger partial charge in [0.25, 0.3) is 0 Å². The number of amides is 1. The van der Waals surface area contributed by atoms with E-state index < -0.39 is 5.60 Å². The Morgan fingerprint density at radius 2 is 2.17 bits per heavy atom. The second-order valence-electron chi connectivity index (χ2n) is 5.35. The molecule has 1 amide bonds. The van der Waals surface area contributed by atoms with Gasteiger partial charge in [-0.2, -0.15) is 0 Å². The Bertz CT molecular complexity index is 315. The second kappa shape index (κ2) is 6.61. The molecule has 4 nitrogen and oxygen atoms in total. The third kappa shape index (κ3) is 5.44. The molecular weight excluding hydrogens is 270 g/mol. The van der Waals surface area contributed by atoms with Crippen LogP contribution in [-0.2, 0) is 9.47 Å². The Morgan fingerprint density at radius 1 is 1.50 bits per heavy atom. The van der Waals surface area contributed by atoms with Crippen molar-refractivity contribution in [3.05, 3.63) is 0 Å². The lowest BCUT2D eigenvalue weighted by atomic mass is 10.1. The van der Waals surface area contributed by atoms with Crippen LogP contribution < -0.4 is 0 Å². The van der Waals surface area contributed by atoms with Gasteiger partial charge >= 0.3 is 6.09 Å². The third-order valence-electron chi connectivity index (χ3n) is 2.54. The fourth-order valence-electron chi connectivity index (χ4n) is 1.71. The van der Waals surface area contributed by atoms with Crippen molar-refractivity contribution >= 4 is 34.5 Å². The Morgan fingerprint density at radius 3 is 2.72 bits per heavy atom. The van der Waals surface area contributed by atoms with E-state index in [1.807, 2.05) is 27.0 Å². The summed E-state index contributed by atoms with van der Waals surface area (Å²) in [6.07, 6.45) is 2.60. The molecule has 0 unspecified atom stereocenters. The van der Waals surface area contributed by atoms with Gasteiger partial charge in [0.05, 0.1) is 6.61 Å². The number of likely N-dealkylation sites (tertiary alicyclic amines) is 1. The van der Waals surface area contributed by atoms with Gasteiger partial charge in [-0.15, -0.1) is 0 Å². The molecule has 0 aromatic carbocycles. The molecule has 1 atom stereocenters. The maximum Gasteiger partial charge on any atom is 0.410 e. The normalized spacial score (nSPS) is 19.8. The number of rotatable bonds is 2. The van der Waals surface area contributed by atoms with Crippen molar-refractivity contribution in [2.24, 2.45) is 5.92 Å². The zero-order chi connectivity index (χ0) is 13.8. The molecular formula is C12H21NO3S2. The molecule has 18 heavy (non-hydrogen) atoms. The van der Waals surface area contributed by atoms with Gasteiger partial charge in [-0.25, -0.2) is 4.79 Å². The van der Waals surface area contributed by atoms with E-state index in [2.05, 4.69) is 0 Å². The van der Waals surface area contributed by atoms with Crippen LogP contribution in [0.15, 0.2) is 0 Å². The van der Waals surface area contributed by atoms with E-state index in [1.54, 1.807) is 4.90 Å². The van der Waals surface area contributed by atoms with Crippen LogP contribution in [0.2, 0.25) is 0 Å². The van der Waals surface area contributed by atoms with Gasteiger partial charge < -0.3 is 14.4 Å². The molecule has 104 valence electrons. The summed E-state index contributed by atoms with van der Waals surface area (Å²) in [6.45, 7) is 7.62. The number of carbonyl (C=O) groups excluding carboxylic acids is 1. The van der Waals surface area contributed by atoms with Crippen molar-refractivity contribution in [2.45, 2.75) is 32.8 Å². The molecule has 1 heterocycles. The molecule has 6 heteroatoms. The largest absolute Gasteiger partial charge is 0.478 e. The van der Waals surface area contributed by atoms with Crippen LogP contribution in [0.25, 0.3) is 0 Å². The van der Waals surface area contributed by atoms with Crippen molar-refractivity contribution in [2.75, 3.05) is 26.0 Å². The van der Waals surface area contributed by atoms with Gasteiger partial charge in [0, 0.05) is 19.0 Å². The maximum atomic E-state index is 11.8. The number of hydrogen-bond donors (Lipinski definition) is 0. The van der Waals surface area contributed by atoms with Crippen LogP contribution in [0.1, 0.15) is 27.2 Å². The van der Waals surface area contributed by atoms with Crippen LogP contribution in [0.5, 0.6) is 0 Å². The first kappa shape index (κ1) is 15.6. The number of thiocarbonyl (C=S) groups is 1. The van der Waals surface area contributed by atoms with Gasteiger partial charge in [0.15, 0.2) is 0 Å². The SMILES string of the molecule is CSC(=S)OC[C@@H]1CCN(C(=O)OC(C)(C)C)C1. The van der Waals surface area contributed by atoms with Crippen LogP contribution in [0, 0.1) is 5.92 Å². The van der Waals surface area contributed by atoms with Crippen molar-refractivity contribution in [1.82, 2.24) is 4.90 Å². The molecule has 1 aliphatic rings. The number of hydrogen-bond acceptors (Lipinski definition) is 5. The third-order valence-corrected chi connectivity index (χ3v) is 3.61. The molecule has 1 rings (SSSR count). The van der Waals surface area contributed by atoms with Crippen molar-refractivity contribution in [3.63, 3.8) is 0 Å². The first-order valence-electron chi connectivity index (χ1n) is 6.00. The van der Waals surface area contributed by atoms with Crippen LogP contribution in [0.4, 0.5) is 4.79 Å². The first-order chi connectivity index (χ1) is 8.31. The minimum absolute atomic E-state index is 0.238. The highest BCUT2D eigenvalue weighted by atomic mass is 32.2. The molecule has 0 radical (unpaired) electrons. The van der Waals surface area contributed by atoms with E-state index in [0.717, 1.165) is 13.0 Å². The summed E-state index contributed by atoms with van der Waals surface area (Å²) in [5, 5.41) is 0. The first-order valence-corrected chi connectivity index (χ1v) is 7.64. The van der Waals surface area contributed by atoms with E-state index in [4.69, 9.17) is 21.7 Å². The Balaban J connectivity index is 2.32. The standard InChI is InChI=1S/C12H21NO3S2/c1-12(2,3)16-10(14)13-6-5-9(7-13)8-15-11(17)18-4/h9H,5-8H2,1-4H3/t9-/m1/s1. The molecule has 0 spiro atoms. The van der Waals surface area contributed by atoms with E-state index in [1.165, 1.54) is 11.8 Å². The average Bonchev–Trinajstić information content (AvgIpc) is 2.72. The highest BCUT2D eigenvalue weighted by Crippen LogP contribution is 2.20. The Hall–Kier alpha value is -0.490. The number of thioether (sulfide) groups is 1. The van der Waals surface area contributed by atoms with E-state index in [0.29, 0.717) is 23.5 Å². The van der Waals surface area contributed by atoms with Gasteiger partial charge in [-0.1, -0.05) is 11.8 Å². The summed E-state index contributed by atoms with van der Waals surface area (Å²) in [5.74, 6) is 0.350. The zero-order valence-electron chi connectivity index (χ0n) is 11.4. The Kier molecular flexibility index (Phi) is 5.72. The molecule has 0 aliphatic carbocycles. The summed E-state index contributed by atoms with van der Waals surface area (Å²) < 4.78 is 11.3. The summed E-state index contributed by atoms with van der Waals surface area (Å²) in [4.78, 5) is 13.6. The van der Waals surface area contributed by atoms with Crippen LogP contribution in [-0.4, -0.2) is 46.9 Å². The molecule has 0 bridgehead atoms. The molecule has 1 saturated heterocycles. The van der Waals surface area contributed by atoms with Crippen LogP contribution >= 0.6 is 24.0 Å². The number of carbonyl (C=O) groups is 1. The van der Waals surface area contributed by atoms with E-state index in [-0.39, 0.29) is 6.09 Å². The molecule has 0 N–H and O–H groups in total. The molecule has 0 aromatic rings. The summed E-state index contributed by atoms with van der Waals surface area (Å²) in [5.41, 5.74) is -0.438. The van der Waals surface area contributed by atoms with Gasteiger partial charge in [0.1, 0.15) is 5.60 Å². The summed E-state index contributed by atoms with van der Waals surface area (Å²) in [7, 11) is 0. The predicted molar refractivity (Wildman–Crippen MR) is 78.0 cm³/mol. The molecule has 0 saturated carbocycles. The minimum atomic E-state index is -0.438. The topological polar surface area (TPSA) is 38.8 Å². The monoisotopic (exact) mass is 291 g/mol. The summed E-state index contributed by atoms with van der Waals surface area (Å²) in [6, 6.07) is 0.